The van der Waals surface area contributed by atoms with E-state index in [1.807, 2.05) is 0 Å². The Kier molecular flexibility index (Phi) is 6.84. The number of hydrogen-bond donors (Lipinski definition) is 0. The zero-order valence-corrected chi connectivity index (χ0v) is 30.2. The summed E-state index contributed by atoms with van der Waals surface area (Å²) in [5.41, 5.74) is 21.8. The number of rotatable bonds is 4. The average molecular weight is 689 g/mol. The van der Waals surface area contributed by atoms with E-state index in [-0.39, 0.29) is 11.8 Å². The van der Waals surface area contributed by atoms with Crippen molar-refractivity contribution in [3.63, 3.8) is 0 Å². The molecule has 2 unspecified atom stereocenters. The topological polar surface area (TPSA) is 25.8 Å². The Morgan fingerprint density at radius 2 is 0.741 bits per heavy atom. The number of aryl methyl sites for hydroxylation is 2. The van der Waals surface area contributed by atoms with Crippen molar-refractivity contribution in [2.45, 2.75) is 25.7 Å². The molecule has 0 N–H and O–H groups in total. The van der Waals surface area contributed by atoms with Gasteiger partial charge in [-0.15, -0.1) is 0 Å². The molecule has 254 valence electrons. The van der Waals surface area contributed by atoms with Crippen LogP contribution in [0.5, 0.6) is 0 Å². The molecule has 2 atom stereocenters. The maximum Gasteiger partial charge on any atom is 0.0974 e. The highest BCUT2D eigenvalue weighted by Gasteiger charge is 2.35. The normalized spacial score (nSPS) is 15.2. The minimum atomic E-state index is 0.00697. The molecule has 2 aliphatic carbocycles. The zero-order valence-electron chi connectivity index (χ0n) is 30.2. The second-order valence-corrected chi connectivity index (χ2v) is 14.9. The molecule has 0 spiro atoms. The number of benzene rings is 7. The molecule has 2 aromatic heterocycles. The molecule has 54 heavy (non-hydrogen) atoms. The molecule has 0 saturated heterocycles. The molecule has 2 aliphatic rings. The van der Waals surface area contributed by atoms with Crippen LogP contribution < -0.4 is 0 Å². The first-order valence-corrected chi connectivity index (χ1v) is 18.9. The summed E-state index contributed by atoms with van der Waals surface area (Å²) in [7, 11) is 0. The molecule has 0 fully saturated rings. The van der Waals surface area contributed by atoms with Gasteiger partial charge >= 0.3 is 0 Å². The van der Waals surface area contributed by atoms with Gasteiger partial charge in [-0.3, -0.25) is 0 Å². The van der Waals surface area contributed by atoms with Crippen LogP contribution in [0.1, 0.15) is 56.6 Å². The van der Waals surface area contributed by atoms with E-state index in [0.29, 0.717) is 0 Å². The predicted molar refractivity (Wildman–Crippen MR) is 223 cm³/mol. The van der Waals surface area contributed by atoms with Crippen LogP contribution in [0.25, 0.3) is 66.3 Å². The van der Waals surface area contributed by atoms with Crippen molar-refractivity contribution in [3.8, 4) is 44.5 Å². The largest absolute Gasteiger partial charge is 0.249 e. The lowest BCUT2D eigenvalue weighted by molar-refractivity contribution is 0.942. The van der Waals surface area contributed by atoms with Crippen LogP contribution in [0.3, 0.4) is 0 Å². The number of pyridine rings is 2. The predicted octanol–water partition coefficient (Wildman–Crippen LogP) is 13.1. The molecular weight excluding hydrogens is 653 g/mol. The smallest absolute Gasteiger partial charge is 0.0974 e. The first-order valence-electron chi connectivity index (χ1n) is 18.9. The Morgan fingerprint density at radius 1 is 0.352 bits per heavy atom. The Morgan fingerprint density at radius 3 is 1.19 bits per heavy atom. The quantitative estimate of drug-likeness (QED) is 0.172. The Hall–Kier alpha value is -6.64. The van der Waals surface area contributed by atoms with Crippen LogP contribution in [-0.2, 0) is 0 Å². The van der Waals surface area contributed by atoms with E-state index in [1.54, 1.807) is 0 Å². The third-order valence-electron chi connectivity index (χ3n) is 11.9. The number of aromatic nitrogens is 2. The van der Waals surface area contributed by atoms with Gasteiger partial charge in [0, 0.05) is 10.8 Å². The maximum atomic E-state index is 5.76. The van der Waals surface area contributed by atoms with Gasteiger partial charge in [0.15, 0.2) is 0 Å². The fourth-order valence-electron chi connectivity index (χ4n) is 9.53. The first-order chi connectivity index (χ1) is 26.6. The minimum absolute atomic E-state index is 0.00697. The van der Waals surface area contributed by atoms with Crippen LogP contribution in [0.2, 0.25) is 0 Å². The van der Waals surface area contributed by atoms with Gasteiger partial charge in [0.1, 0.15) is 0 Å². The van der Waals surface area contributed by atoms with Gasteiger partial charge in [-0.25, -0.2) is 9.97 Å². The van der Waals surface area contributed by atoms with Crippen LogP contribution >= 0.6 is 0 Å². The Bertz CT molecular complexity index is 2760. The van der Waals surface area contributed by atoms with Crippen molar-refractivity contribution >= 4 is 21.8 Å². The average Bonchev–Trinajstić information content (AvgIpc) is 3.75. The van der Waals surface area contributed by atoms with Gasteiger partial charge in [-0.2, -0.15) is 0 Å². The molecule has 2 nitrogen and oxygen atoms in total. The fourth-order valence-corrected chi connectivity index (χ4v) is 9.53. The Balaban J connectivity index is 1.26. The highest BCUT2D eigenvalue weighted by Crippen LogP contribution is 2.52. The summed E-state index contributed by atoms with van der Waals surface area (Å²) in [6, 6.07) is 62.0. The zero-order chi connectivity index (χ0) is 35.9. The van der Waals surface area contributed by atoms with Gasteiger partial charge in [-0.05, 0) is 104 Å². The van der Waals surface area contributed by atoms with E-state index >= 15 is 0 Å². The van der Waals surface area contributed by atoms with Gasteiger partial charge in [0.25, 0.3) is 0 Å². The van der Waals surface area contributed by atoms with Crippen molar-refractivity contribution in [2.75, 3.05) is 0 Å². The summed E-state index contributed by atoms with van der Waals surface area (Å²) in [6.45, 7) is 4.48. The van der Waals surface area contributed by atoms with Crippen molar-refractivity contribution in [2.24, 2.45) is 0 Å². The highest BCUT2D eigenvalue weighted by molar-refractivity contribution is 6.12. The van der Waals surface area contributed by atoms with Crippen LogP contribution in [-0.4, -0.2) is 9.97 Å². The van der Waals surface area contributed by atoms with Crippen molar-refractivity contribution in [1.82, 2.24) is 9.97 Å². The second kappa shape index (κ2) is 11.9. The number of fused-ring (bicyclic) bond motifs is 9. The van der Waals surface area contributed by atoms with E-state index in [9.17, 15) is 0 Å². The van der Waals surface area contributed by atoms with Gasteiger partial charge < -0.3 is 0 Å². The van der Waals surface area contributed by atoms with E-state index in [4.69, 9.17) is 9.97 Å². The molecule has 11 rings (SSSR count). The van der Waals surface area contributed by atoms with E-state index in [1.165, 1.54) is 77.9 Å². The monoisotopic (exact) mass is 688 g/mol. The summed E-state index contributed by atoms with van der Waals surface area (Å²) < 4.78 is 0. The highest BCUT2D eigenvalue weighted by atomic mass is 14.8. The molecule has 2 heterocycles. The molecular formula is C52H36N2. The molecule has 0 bridgehead atoms. The summed E-state index contributed by atoms with van der Waals surface area (Å²) in [5, 5.41) is 2.22. The third-order valence-corrected chi connectivity index (χ3v) is 11.9. The third kappa shape index (κ3) is 4.53. The molecule has 7 aromatic carbocycles. The Labute approximate surface area is 315 Å². The number of nitrogens with zero attached hydrogens (tertiary/aromatic N) is 2. The van der Waals surface area contributed by atoms with Crippen molar-refractivity contribution in [1.29, 1.82) is 0 Å². The SMILES string of the molecule is Cc1cccc2c1C(c1cc(-c3ccccc3)c3ccc4c(-c5ccccc5)cc(C5c6ccccc6-c6cccc(C)c65)nc4c3n1)c1ccccc1-2. The van der Waals surface area contributed by atoms with Gasteiger partial charge in [0.05, 0.1) is 34.3 Å². The van der Waals surface area contributed by atoms with Crippen LogP contribution in [0.15, 0.2) is 170 Å². The lowest BCUT2D eigenvalue weighted by Crippen LogP contribution is -2.07. The summed E-state index contributed by atoms with van der Waals surface area (Å²) in [4.78, 5) is 11.5. The molecule has 0 radical (unpaired) electrons. The van der Waals surface area contributed by atoms with Gasteiger partial charge in [0.2, 0.25) is 0 Å². The number of hydrogen-bond acceptors (Lipinski definition) is 2. The van der Waals surface area contributed by atoms with E-state index < -0.39 is 0 Å². The first kappa shape index (κ1) is 30.9. The molecule has 0 saturated carbocycles. The molecule has 9 aromatic rings. The van der Waals surface area contributed by atoms with Crippen molar-refractivity contribution < 1.29 is 0 Å². The van der Waals surface area contributed by atoms with E-state index in [0.717, 1.165) is 33.2 Å². The summed E-state index contributed by atoms with van der Waals surface area (Å²) in [5.74, 6) is 0.0139. The van der Waals surface area contributed by atoms with Crippen LogP contribution in [0.4, 0.5) is 0 Å². The fraction of sp³-hybridized carbons (Fsp3) is 0.0769. The minimum Gasteiger partial charge on any atom is -0.249 e. The molecule has 0 aliphatic heterocycles. The lowest BCUT2D eigenvalue weighted by atomic mass is 9.86. The summed E-state index contributed by atoms with van der Waals surface area (Å²) in [6.07, 6.45) is 0. The molecule has 2 heteroatoms. The van der Waals surface area contributed by atoms with Gasteiger partial charge in [-0.1, -0.05) is 158 Å². The lowest BCUT2D eigenvalue weighted by Gasteiger charge is -2.21. The van der Waals surface area contributed by atoms with Crippen molar-refractivity contribution in [3.05, 3.63) is 215 Å². The summed E-state index contributed by atoms with van der Waals surface area (Å²) >= 11 is 0. The standard InChI is InChI=1S/C52H36N2/c1-31-15-13-25-37-35-21-9-11-23-39(35)49(47(31)37)45-29-43(33-17-5-3-6-18-33)41-27-28-42-44(34-19-7-4-8-20-34)30-46(54-52(42)51(41)53-45)50-40-24-12-10-22-36(40)38-26-14-16-32(2)48(38)50/h3-30,49-50H,1-2H3. The van der Waals surface area contributed by atoms with E-state index in [2.05, 4.69) is 184 Å². The maximum absolute atomic E-state index is 5.76. The second-order valence-electron chi connectivity index (χ2n) is 14.9. The molecule has 0 amide bonds. The van der Waals surface area contributed by atoms with Crippen LogP contribution in [0, 0.1) is 13.8 Å².